The van der Waals surface area contributed by atoms with E-state index in [-0.39, 0.29) is 11.8 Å². The Morgan fingerprint density at radius 1 is 1.45 bits per heavy atom. The highest BCUT2D eigenvalue weighted by Crippen LogP contribution is 2.22. The van der Waals surface area contributed by atoms with Crippen LogP contribution < -0.4 is 11.1 Å². The molecular weight excluding hydrogens is 252 g/mol. The quantitative estimate of drug-likeness (QED) is 0.936. The lowest BCUT2D eigenvalue weighted by atomic mass is 9.92. The molecule has 108 valence electrons. The van der Waals surface area contributed by atoms with Crippen LogP contribution in [0.1, 0.15) is 38.3 Å². The Balaban J connectivity index is 1.92. The van der Waals surface area contributed by atoms with Gasteiger partial charge in [0.2, 0.25) is 0 Å². The van der Waals surface area contributed by atoms with Gasteiger partial charge in [0.25, 0.3) is 0 Å². The molecule has 0 radical (unpaired) electrons. The normalized spacial score (nSPS) is 19.9. The number of benzene rings is 1. The van der Waals surface area contributed by atoms with E-state index in [1.165, 1.54) is 18.4 Å². The summed E-state index contributed by atoms with van der Waals surface area (Å²) in [5, 5.41) is 3.45. The summed E-state index contributed by atoms with van der Waals surface area (Å²) in [7, 11) is 0. The van der Waals surface area contributed by atoms with Gasteiger partial charge in [0.05, 0.1) is 5.52 Å². The number of nitrogens with one attached hydrogen (secondary N) is 1. The largest absolute Gasteiger partial charge is 0.420 e. The van der Waals surface area contributed by atoms with E-state index in [0.29, 0.717) is 11.5 Å². The van der Waals surface area contributed by atoms with Crippen LogP contribution in [0.4, 0.5) is 0 Å². The van der Waals surface area contributed by atoms with Crippen molar-refractivity contribution in [1.29, 1.82) is 0 Å². The minimum absolute atomic E-state index is 0.121. The molecule has 2 aromatic rings. The van der Waals surface area contributed by atoms with Crippen LogP contribution in [-0.4, -0.2) is 17.7 Å². The monoisotopic (exact) mass is 274 g/mol. The summed E-state index contributed by atoms with van der Waals surface area (Å²) < 4.78 is 7.03. The zero-order valence-electron chi connectivity index (χ0n) is 12.2. The Hall–Kier alpha value is -1.55. The average molecular weight is 274 g/mol. The SMILES string of the molecule is CC(C)n1c(=O)oc2ccc(CC3CCCNC3)cc21. The molecule has 2 heterocycles. The fourth-order valence-electron chi connectivity index (χ4n) is 3.13. The number of aromatic nitrogens is 1. The molecule has 0 aliphatic carbocycles. The van der Waals surface area contributed by atoms with Gasteiger partial charge in [0, 0.05) is 6.04 Å². The fourth-order valence-corrected chi connectivity index (χ4v) is 3.13. The molecule has 0 bridgehead atoms. The predicted octanol–water partition coefficient (Wildman–Crippen LogP) is 2.72. The van der Waals surface area contributed by atoms with Gasteiger partial charge in [-0.3, -0.25) is 4.57 Å². The lowest BCUT2D eigenvalue weighted by molar-refractivity contribution is 0.376. The van der Waals surface area contributed by atoms with Gasteiger partial charge in [-0.1, -0.05) is 6.07 Å². The highest BCUT2D eigenvalue weighted by atomic mass is 16.4. The van der Waals surface area contributed by atoms with Crippen molar-refractivity contribution in [3.05, 3.63) is 34.3 Å². The standard InChI is InChI=1S/C16H22N2O2/c1-11(2)18-14-9-12(5-6-15(14)20-16(18)19)8-13-4-3-7-17-10-13/h5-6,9,11,13,17H,3-4,7-8,10H2,1-2H3. The van der Waals surface area contributed by atoms with Crippen LogP contribution >= 0.6 is 0 Å². The first kappa shape index (κ1) is 13.4. The van der Waals surface area contributed by atoms with Crippen LogP contribution in [0.25, 0.3) is 11.1 Å². The summed E-state index contributed by atoms with van der Waals surface area (Å²) in [4.78, 5) is 11.9. The number of hydrogen-bond donors (Lipinski definition) is 1. The van der Waals surface area contributed by atoms with Crippen LogP contribution in [-0.2, 0) is 6.42 Å². The first-order valence-electron chi connectivity index (χ1n) is 7.50. The molecule has 1 aliphatic heterocycles. The fraction of sp³-hybridized carbons (Fsp3) is 0.562. The van der Waals surface area contributed by atoms with Gasteiger partial charge in [0.1, 0.15) is 0 Å². The van der Waals surface area contributed by atoms with Gasteiger partial charge < -0.3 is 9.73 Å². The van der Waals surface area contributed by atoms with Crippen LogP contribution in [0.2, 0.25) is 0 Å². The first-order chi connectivity index (χ1) is 9.65. The maximum atomic E-state index is 11.9. The van der Waals surface area contributed by atoms with Crippen LogP contribution in [0.5, 0.6) is 0 Å². The molecule has 0 spiro atoms. The second kappa shape index (κ2) is 5.44. The summed E-state index contributed by atoms with van der Waals surface area (Å²) >= 11 is 0. The lowest BCUT2D eigenvalue weighted by Crippen LogP contribution is -2.30. The molecule has 1 N–H and O–H groups in total. The average Bonchev–Trinajstić information content (AvgIpc) is 2.75. The summed E-state index contributed by atoms with van der Waals surface area (Å²) in [6, 6.07) is 6.26. The number of hydrogen-bond acceptors (Lipinski definition) is 3. The molecule has 4 heteroatoms. The van der Waals surface area contributed by atoms with Gasteiger partial charge in [-0.25, -0.2) is 4.79 Å². The van der Waals surface area contributed by atoms with Crippen molar-refractivity contribution in [2.45, 2.75) is 39.2 Å². The highest BCUT2D eigenvalue weighted by Gasteiger charge is 2.16. The molecule has 1 aliphatic rings. The van der Waals surface area contributed by atoms with Crippen molar-refractivity contribution in [3.63, 3.8) is 0 Å². The van der Waals surface area contributed by atoms with Crippen molar-refractivity contribution in [3.8, 4) is 0 Å². The summed E-state index contributed by atoms with van der Waals surface area (Å²) in [6.45, 7) is 6.26. The van der Waals surface area contributed by atoms with Crippen LogP contribution in [0.15, 0.2) is 27.4 Å². The molecule has 0 saturated carbocycles. The Bertz CT molecular complexity index is 648. The number of oxazole rings is 1. The second-order valence-corrected chi connectivity index (χ2v) is 6.05. The van der Waals surface area contributed by atoms with Gasteiger partial charge >= 0.3 is 5.76 Å². The number of nitrogens with zero attached hydrogens (tertiary/aromatic N) is 1. The third kappa shape index (κ3) is 2.52. The predicted molar refractivity (Wildman–Crippen MR) is 80.2 cm³/mol. The zero-order chi connectivity index (χ0) is 14.1. The molecular formula is C16H22N2O2. The lowest BCUT2D eigenvalue weighted by Gasteiger charge is -2.22. The van der Waals surface area contributed by atoms with Crippen molar-refractivity contribution < 1.29 is 4.42 Å². The molecule has 1 atom stereocenters. The molecule has 1 fully saturated rings. The van der Waals surface area contributed by atoms with Crippen molar-refractivity contribution in [2.24, 2.45) is 5.92 Å². The summed E-state index contributed by atoms with van der Waals surface area (Å²) in [5.74, 6) is 0.443. The maximum absolute atomic E-state index is 11.9. The Kier molecular flexibility index (Phi) is 3.66. The van der Waals surface area contributed by atoms with E-state index in [1.807, 2.05) is 19.9 Å². The summed E-state index contributed by atoms with van der Waals surface area (Å²) in [6.07, 6.45) is 3.61. The molecule has 4 nitrogen and oxygen atoms in total. The highest BCUT2D eigenvalue weighted by molar-refractivity contribution is 5.74. The van der Waals surface area contributed by atoms with Gasteiger partial charge in [-0.2, -0.15) is 0 Å². The van der Waals surface area contributed by atoms with Gasteiger partial charge in [0.15, 0.2) is 5.58 Å². The van der Waals surface area contributed by atoms with Gasteiger partial charge in [-0.05, 0) is 69.8 Å². The number of rotatable bonds is 3. The topological polar surface area (TPSA) is 47.2 Å². The van der Waals surface area contributed by atoms with Crippen LogP contribution in [0, 0.1) is 5.92 Å². The van der Waals surface area contributed by atoms with Crippen molar-refractivity contribution >= 4 is 11.1 Å². The molecule has 20 heavy (non-hydrogen) atoms. The van der Waals surface area contributed by atoms with Crippen LogP contribution in [0.3, 0.4) is 0 Å². The minimum Gasteiger partial charge on any atom is -0.408 e. The van der Waals surface area contributed by atoms with E-state index in [0.717, 1.165) is 25.0 Å². The molecule has 0 amide bonds. The second-order valence-electron chi connectivity index (χ2n) is 6.05. The Morgan fingerprint density at radius 2 is 2.30 bits per heavy atom. The van der Waals surface area contributed by atoms with E-state index in [4.69, 9.17) is 4.42 Å². The summed E-state index contributed by atoms with van der Waals surface area (Å²) in [5.41, 5.74) is 2.90. The molecule has 1 aromatic carbocycles. The molecule has 1 unspecified atom stereocenters. The Labute approximate surface area is 118 Å². The van der Waals surface area contributed by atoms with Crippen molar-refractivity contribution in [2.75, 3.05) is 13.1 Å². The smallest absolute Gasteiger partial charge is 0.408 e. The third-order valence-electron chi connectivity index (χ3n) is 4.12. The minimum atomic E-state index is -0.258. The van der Waals surface area contributed by atoms with E-state index < -0.39 is 0 Å². The first-order valence-corrected chi connectivity index (χ1v) is 7.50. The van der Waals surface area contributed by atoms with E-state index in [2.05, 4.69) is 17.4 Å². The van der Waals surface area contributed by atoms with E-state index in [1.54, 1.807) is 4.57 Å². The van der Waals surface area contributed by atoms with Crippen molar-refractivity contribution in [1.82, 2.24) is 9.88 Å². The molecule has 1 aromatic heterocycles. The third-order valence-corrected chi connectivity index (χ3v) is 4.12. The van der Waals surface area contributed by atoms with Gasteiger partial charge in [-0.15, -0.1) is 0 Å². The zero-order valence-corrected chi connectivity index (χ0v) is 12.2. The number of piperidine rings is 1. The van der Waals surface area contributed by atoms with E-state index in [9.17, 15) is 4.79 Å². The van der Waals surface area contributed by atoms with E-state index >= 15 is 0 Å². The molecule has 1 saturated heterocycles. The Morgan fingerprint density at radius 3 is 3.00 bits per heavy atom. The maximum Gasteiger partial charge on any atom is 0.420 e. The number of fused-ring (bicyclic) bond motifs is 1. The molecule has 3 rings (SSSR count).